The lowest BCUT2D eigenvalue weighted by atomic mass is 10.3. The molecule has 7 nitrogen and oxygen atoms in total. The first-order chi connectivity index (χ1) is 12.2. The minimum Gasteiger partial charge on any atom is -0.466 e. The maximum absolute atomic E-state index is 11.9. The quantitative estimate of drug-likeness (QED) is 0.278. The number of ether oxygens (including phenoxy) is 1. The van der Waals surface area contributed by atoms with Crippen LogP contribution in [-0.4, -0.2) is 43.9 Å². The van der Waals surface area contributed by atoms with Gasteiger partial charge in [-0.2, -0.15) is 5.10 Å². The fourth-order valence-corrected chi connectivity index (χ4v) is 3.09. The first kappa shape index (κ1) is 17.1. The molecule has 1 aromatic carbocycles. The molecule has 3 aromatic rings. The van der Waals surface area contributed by atoms with Crippen LogP contribution in [0.1, 0.15) is 13.3 Å². The maximum atomic E-state index is 11.9. The van der Waals surface area contributed by atoms with Gasteiger partial charge in [0, 0.05) is 0 Å². The van der Waals surface area contributed by atoms with Crippen molar-refractivity contribution in [2.75, 3.05) is 12.4 Å². The summed E-state index contributed by atoms with van der Waals surface area (Å²) in [5.74, 6) is -0.565. The van der Waals surface area contributed by atoms with Crippen molar-refractivity contribution in [3.05, 3.63) is 42.9 Å². The maximum Gasteiger partial charge on any atom is 0.313 e. The van der Waals surface area contributed by atoms with Crippen LogP contribution in [-0.2, 0) is 14.3 Å². The normalized spacial score (nSPS) is 10.8. The van der Waals surface area contributed by atoms with Crippen LogP contribution < -0.4 is 0 Å². The second-order valence-corrected chi connectivity index (χ2v) is 6.08. The van der Waals surface area contributed by atoms with Crippen molar-refractivity contribution in [2.45, 2.75) is 18.4 Å². The molecule has 0 N–H and O–H groups in total. The molecule has 0 saturated carbocycles. The minimum absolute atomic E-state index is 0.140. The van der Waals surface area contributed by atoms with Gasteiger partial charge in [-0.05, 0) is 19.1 Å². The predicted octanol–water partition coefficient (Wildman–Crippen LogP) is 2.43. The summed E-state index contributed by atoms with van der Waals surface area (Å²) >= 11 is 1.26. The standard InChI is InChI=1S/C17H16N4O3S/c1-2-24-15(23)8-13(22)10-25-17-14-9-20-21(16(14)18-11-19-17)12-6-4-3-5-7-12/h3-7,9,11H,2,8,10H2,1H3. The number of hydrogen-bond acceptors (Lipinski definition) is 7. The summed E-state index contributed by atoms with van der Waals surface area (Å²) in [6.07, 6.45) is 2.90. The number of carbonyl (C=O) groups is 2. The number of hydrogen-bond donors (Lipinski definition) is 0. The van der Waals surface area contributed by atoms with Crippen molar-refractivity contribution in [1.82, 2.24) is 19.7 Å². The zero-order valence-electron chi connectivity index (χ0n) is 13.6. The topological polar surface area (TPSA) is 87.0 Å². The van der Waals surface area contributed by atoms with Crippen molar-refractivity contribution >= 4 is 34.5 Å². The van der Waals surface area contributed by atoms with Crippen LogP contribution in [0.25, 0.3) is 16.7 Å². The van der Waals surface area contributed by atoms with E-state index in [1.165, 1.54) is 18.1 Å². The molecule has 3 rings (SSSR count). The average molecular weight is 356 g/mol. The zero-order valence-corrected chi connectivity index (χ0v) is 14.4. The number of Topliss-reactive ketones (excluding diaryl/α,β-unsaturated/α-hetero) is 1. The molecule has 0 unspecified atom stereocenters. The highest BCUT2D eigenvalue weighted by atomic mass is 32.2. The van der Waals surface area contributed by atoms with E-state index >= 15 is 0 Å². The number of fused-ring (bicyclic) bond motifs is 1. The summed E-state index contributed by atoms with van der Waals surface area (Å²) in [5, 5.41) is 5.79. The molecular weight excluding hydrogens is 340 g/mol. The van der Waals surface area contributed by atoms with E-state index in [1.807, 2.05) is 30.3 Å². The van der Waals surface area contributed by atoms with Crippen LogP contribution in [0.2, 0.25) is 0 Å². The van der Waals surface area contributed by atoms with Crippen LogP contribution in [0.5, 0.6) is 0 Å². The highest BCUT2D eigenvalue weighted by molar-refractivity contribution is 8.00. The number of rotatable bonds is 7. The molecule has 25 heavy (non-hydrogen) atoms. The number of aromatic nitrogens is 4. The molecule has 0 atom stereocenters. The van der Waals surface area contributed by atoms with Gasteiger partial charge in [0.1, 0.15) is 17.8 Å². The fourth-order valence-electron chi connectivity index (χ4n) is 2.27. The van der Waals surface area contributed by atoms with Crippen LogP contribution in [0, 0.1) is 0 Å². The number of ketones is 1. The second kappa shape index (κ2) is 7.89. The lowest BCUT2D eigenvalue weighted by Gasteiger charge is -2.04. The zero-order chi connectivity index (χ0) is 17.6. The van der Waals surface area contributed by atoms with Crippen molar-refractivity contribution in [3.63, 3.8) is 0 Å². The molecule has 0 spiro atoms. The highest BCUT2D eigenvalue weighted by Gasteiger charge is 2.15. The number of carbonyl (C=O) groups excluding carboxylic acids is 2. The van der Waals surface area contributed by atoms with E-state index in [9.17, 15) is 9.59 Å². The number of esters is 1. The summed E-state index contributed by atoms with van der Waals surface area (Å²) in [6.45, 7) is 1.98. The Kier molecular flexibility index (Phi) is 5.39. The average Bonchev–Trinajstić information content (AvgIpc) is 3.05. The molecule has 0 aliphatic rings. The van der Waals surface area contributed by atoms with E-state index in [0.29, 0.717) is 10.7 Å². The van der Waals surface area contributed by atoms with Gasteiger partial charge < -0.3 is 4.74 Å². The lowest BCUT2D eigenvalue weighted by molar-refractivity contribution is -0.145. The van der Waals surface area contributed by atoms with Gasteiger partial charge in [0.2, 0.25) is 0 Å². The van der Waals surface area contributed by atoms with E-state index in [4.69, 9.17) is 4.74 Å². The van der Waals surface area contributed by atoms with Crippen molar-refractivity contribution in [1.29, 1.82) is 0 Å². The minimum atomic E-state index is -0.502. The van der Waals surface area contributed by atoms with E-state index in [-0.39, 0.29) is 24.6 Å². The molecule has 0 amide bonds. The lowest BCUT2D eigenvalue weighted by Crippen LogP contribution is -2.12. The van der Waals surface area contributed by atoms with Gasteiger partial charge >= 0.3 is 5.97 Å². The van der Waals surface area contributed by atoms with Gasteiger partial charge in [0.15, 0.2) is 11.4 Å². The van der Waals surface area contributed by atoms with Gasteiger partial charge in [-0.3, -0.25) is 9.59 Å². The van der Waals surface area contributed by atoms with Crippen LogP contribution in [0.15, 0.2) is 47.9 Å². The molecular formula is C17H16N4O3S. The van der Waals surface area contributed by atoms with E-state index in [2.05, 4.69) is 15.1 Å². The Morgan fingerprint density at radius 1 is 1.20 bits per heavy atom. The second-order valence-electron chi connectivity index (χ2n) is 5.12. The third-order valence-electron chi connectivity index (χ3n) is 3.35. The molecule has 2 aromatic heterocycles. The Labute approximate surface area is 148 Å². The summed E-state index contributed by atoms with van der Waals surface area (Å²) < 4.78 is 6.50. The molecule has 0 saturated heterocycles. The Balaban J connectivity index is 1.76. The molecule has 0 aliphatic heterocycles. The molecule has 0 radical (unpaired) electrons. The van der Waals surface area contributed by atoms with Gasteiger partial charge in [-0.25, -0.2) is 14.6 Å². The van der Waals surface area contributed by atoms with E-state index in [1.54, 1.807) is 17.8 Å². The highest BCUT2D eigenvalue weighted by Crippen LogP contribution is 2.25. The number of benzene rings is 1. The van der Waals surface area contributed by atoms with E-state index < -0.39 is 5.97 Å². The Bertz CT molecular complexity index is 895. The third-order valence-corrected chi connectivity index (χ3v) is 4.41. The van der Waals surface area contributed by atoms with Gasteiger partial charge in [0.05, 0.1) is 29.6 Å². The Hall–Kier alpha value is -2.74. The van der Waals surface area contributed by atoms with Crippen molar-refractivity contribution in [2.24, 2.45) is 0 Å². The molecule has 0 bridgehead atoms. The van der Waals surface area contributed by atoms with Gasteiger partial charge in [-0.1, -0.05) is 30.0 Å². The first-order valence-electron chi connectivity index (χ1n) is 7.73. The van der Waals surface area contributed by atoms with Gasteiger partial charge in [-0.15, -0.1) is 0 Å². The molecule has 8 heteroatoms. The van der Waals surface area contributed by atoms with Crippen LogP contribution in [0.3, 0.4) is 0 Å². The molecule has 0 aliphatic carbocycles. The number of para-hydroxylation sites is 1. The third kappa shape index (κ3) is 4.03. The summed E-state index contributed by atoms with van der Waals surface area (Å²) in [6, 6.07) is 9.65. The van der Waals surface area contributed by atoms with Gasteiger partial charge in [0.25, 0.3) is 0 Å². The Morgan fingerprint density at radius 3 is 2.76 bits per heavy atom. The van der Waals surface area contributed by atoms with Crippen LogP contribution in [0.4, 0.5) is 0 Å². The largest absolute Gasteiger partial charge is 0.466 e. The van der Waals surface area contributed by atoms with E-state index in [0.717, 1.165) is 11.1 Å². The molecule has 128 valence electrons. The van der Waals surface area contributed by atoms with Crippen molar-refractivity contribution in [3.8, 4) is 5.69 Å². The van der Waals surface area contributed by atoms with Crippen molar-refractivity contribution < 1.29 is 14.3 Å². The summed E-state index contributed by atoms with van der Waals surface area (Å²) in [5.41, 5.74) is 1.56. The monoisotopic (exact) mass is 356 g/mol. The molecule has 2 heterocycles. The summed E-state index contributed by atoms with van der Waals surface area (Å²) in [4.78, 5) is 31.8. The number of thioether (sulfide) groups is 1. The number of nitrogens with zero attached hydrogens (tertiary/aromatic N) is 4. The summed E-state index contributed by atoms with van der Waals surface area (Å²) in [7, 11) is 0. The predicted molar refractivity (Wildman–Crippen MR) is 93.6 cm³/mol. The SMILES string of the molecule is CCOC(=O)CC(=O)CSc1ncnc2c1cnn2-c1ccccc1. The first-order valence-corrected chi connectivity index (χ1v) is 8.72. The fraction of sp³-hybridized carbons (Fsp3) is 0.235. The van der Waals surface area contributed by atoms with Crippen LogP contribution >= 0.6 is 11.8 Å². The Morgan fingerprint density at radius 2 is 2.00 bits per heavy atom. The smallest absolute Gasteiger partial charge is 0.313 e. The molecule has 0 fully saturated rings.